The molecule has 1 aromatic rings. The summed E-state index contributed by atoms with van der Waals surface area (Å²) in [7, 11) is 0. The Bertz CT molecular complexity index is 1100. The van der Waals surface area contributed by atoms with Crippen molar-refractivity contribution >= 4 is 29.1 Å². The maximum atomic E-state index is 15.7. The first-order valence-corrected chi connectivity index (χ1v) is 14.9. The molecule has 0 aromatic carbocycles. The van der Waals surface area contributed by atoms with Crippen LogP contribution in [0.4, 0.5) is 4.39 Å². The van der Waals surface area contributed by atoms with E-state index in [1.165, 1.54) is 17.4 Å². The average molecular weight is 567 g/mol. The van der Waals surface area contributed by atoms with Crippen LogP contribution in [0.2, 0.25) is 0 Å². The molecular formula is C29H43FN2O6S. The van der Waals surface area contributed by atoms with Gasteiger partial charge in [-0.3, -0.25) is 9.59 Å². The number of rotatable bonds is 4. The lowest BCUT2D eigenvalue weighted by Crippen LogP contribution is -2.50. The number of halogens is 1. The fourth-order valence-electron chi connectivity index (χ4n) is 6.14. The van der Waals surface area contributed by atoms with Gasteiger partial charge in [-0.05, 0) is 45.1 Å². The van der Waals surface area contributed by atoms with Crippen LogP contribution in [0, 0.1) is 24.2 Å². The van der Waals surface area contributed by atoms with Crippen LogP contribution in [-0.2, 0) is 19.1 Å². The molecule has 8 atom stereocenters. The van der Waals surface area contributed by atoms with Crippen LogP contribution < -0.4 is 5.32 Å². The Morgan fingerprint density at radius 3 is 2.59 bits per heavy atom. The van der Waals surface area contributed by atoms with Gasteiger partial charge in [-0.2, -0.15) is 0 Å². The van der Waals surface area contributed by atoms with Crippen molar-refractivity contribution in [3.8, 4) is 0 Å². The van der Waals surface area contributed by atoms with Gasteiger partial charge in [0.2, 0.25) is 5.91 Å². The van der Waals surface area contributed by atoms with Gasteiger partial charge < -0.3 is 25.0 Å². The van der Waals surface area contributed by atoms with E-state index < -0.39 is 58.6 Å². The minimum absolute atomic E-state index is 0.180. The summed E-state index contributed by atoms with van der Waals surface area (Å²) >= 11 is 1.41. The number of nitrogens with zero attached hydrogens (tertiary/aromatic N) is 1. The number of thiazole rings is 1. The molecule has 3 aliphatic rings. The Morgan fingerprint density at radius 2 is 2.00 bits per heavy atom. The van der Waals surface area contributed by atoms with E-state index in [-0.39, 0.29) is 24.5 Å². The molecule has 3 unspecified atom stereocenters. The largest absolute Gasteiger partial charge is 0.392 e. The van der Waals surface area contributed by atoms with E-state index in [0.29, 0.717) is 31.6 Å². The van der Waals surface area contributed by atoms with E-state index in [1.807, 2.05) is 27.7 Å². The van der Waals surface area contributed by atoms with Crippen LogP contribution in [-0.4, -0.2) is 69.1 Å². The van der Waals surface area contributed by atoms with Crippen molar-refractivity contribution in [2.45, 2.75) is 116 Å². The molecule has 3 aliphatic heterocycles. The van der Waals surface area contributed by atoms with Crippen molar-refractivity contribution in [2.75, 3.05) is 6.61 Å². The third-order valence-electron chi connectivity index (χ3n) is 9.21. The number of ketones is 1. The number of Topliss-reactive ketones (excluding diaryl/α,β-unsaturated/α-hetero) is 1. The summed E-state index contributed by atoms with van der Waals surface area (Å²) in [5, 5.41) is 27.6. The van der Waals surface area contributed by atoms with Crippen LogP contribution in [0.3, 0.4) is 0 Å². The number of nitrogens with one attached hydrogen (secondary N) is 1. The number of carbonyl (C=O) groups is 2. The summed E-state index contributed by atoms with van der Waals surface area (Å²) in [5.41, 5.74) is -1.96. The predicted molar refractivity (Wildman–Crippen MR) is 147 cm³/mol. The van der Waals surface area contributed by atoms with Crippen LogP contribution in [0.15, 0.2) is 11.2 Å². The van der Waals surface area contributed by atoms with E-state index in [0.717, 1.165) is 11.4 Å². The number of aliphatic hydroxyl groups excluding tert-OH is 2. The SMILES string of the molecule is CCC12C[C@@H](C(F)=Cc3csc(C)n3)NC(=O)C[C@H](O)C(C)(C)C(=O)[C@@H](C3CO3)[C@H](O)[C@@H](C)CCCC1(C)O2. The zero-order valence-electron chi connectivity index (χ0n) is 23.8. The Labute approximate surface area is 234 Å². The van der Waals surface area contributed by atoms with E-state index in [2.05, 4.69) is 10.3 Å². The highest BCUT2D eigenvalue weighted by molar-refractivity contribution is 7.09. The molecule has 3 saturated heterocycles. The van der Waals surface area contributed by atoms with Crippen LogP contribution >= 0.6 is 11.3 Å². The number of aromatic nitrogens is 1. The number of ether oxygens (including phenoxy) is 2. The maximum Gasteiger partial charge on any atom is 0.223 e. The maximum absolute atomic E-state index is 15.7. The summed E-state index contributed by atoms with van der Waals surface area (Å²) < 4.78 is 27.5. The molecular weight excluding hydrogens is 523 g/mol. The Kier molecular flexibility index (Phi) is 8.74. The Hall–Kier alpha value is -1.72. The molecule has 0 radical (unpaired) electrons. The minimum atomic E-state index is -1.34. The number of fused-ring (bicyclic) bond motifs is 1. The van der Waals surface area contributed by atoms with Gasteiger partial charge in [-0.15, -0.1) is 11.3 Å². The highest BCUT2D eigenvalue weighted by Crippen LogP contribution is 2.56. The lowest BCUT2D eigenvalue weighted by molar-refractivity contribution is -0.145. The molecule has 4 heterocycles. The van der Waals surface area contributed by atoms with Crippen molar-refractivity contribution in [1.82, 2.24) is 10.3 Å². The summed E-state index contributed by atoms with van der Waals surface area (Å²) in [4.78, 5) is 31.2. The second-order valence-corrected chi connectivity index (χ2v) is 13.5. The van der Waals surface area contributed by atoms with Gasteiger partial charge >= 0.3 is 0 Å². The smallest absolute Gasteiger partial charge is 0.223 e. The molecule has 4 rings (SSSR count). The molecule has 8 nitrogen and oxygen atoms in total. The molecule has 0 saturated carbocycles. The van der Waals surface area contributed by atoms with Gasteiger partial charge in [-0.25, -0.2) is 9.37 Å². The van der Waals surface area contributed by atoms with Gasteiger partial charge in [0.25, 0.3) is 0 Å². The Morgan fingerprint density at radius 1 is 1.31 bits per heavy atom. The van der Waals surface area contributed by atoms with Crippen LogP contribution in [0.1, 0.15) is 83.8 Å². The van der Waals surface area contributed by atoms with Crippen LogP contribution in [0.5, 0.6) is 0 Å². The number of hydrogen-bond donors (Lipinski definition) is 3. The van der Waals surface area contributed by atoms with E-state index in [1.54, 1.807) is 19.2 Å². The van der Waals surface area contributed by atoms with E-state index >= 15 is 4.39 Å². The molecule has 1 amide bonds. The third-order valence-corrected chi connectivity index (χ3v) is 10.0. The topological polar surface area (TPSA) is 125 Å². The molecule has 10 heteroatoms. The lowest BCUT2D eigenvalue weighted by atomic mass is 9.71. The molecule has 3 N–H and O–H groups in total. The van der Waals surface area contributed by atoms with Crippen molar-refractivity contribution in [3.63, 3.8) is 0 Å². The zero-order valence-corrected chi connectivity index (χ0v) is 24.6. The monoisotopic (exact) mass is 566 g/mol. The van der Waals surface area contributed by atoms with E-state index in [4.69, 9.17) is 9.47 Å². The molecule has 3 fully saturated rings. The third kappa shape index (κ3) is 6.30. The molecule has 218 valence electrons. The number of epoxide rings is 2. The van der Waals surface area contributed by atoms with Gasteiger partial charge in [-0.1, -0.05) is 34.1 Å². The number of carbonyl (C=O) groups excluding carboxylic acids is 2. The quantitative estimate of drug-likeness (QED) is 0.469. The van der Waals surface area contributed by atoms with Crippen molar-refractivity contribution in [3.05, 3.63) is 21.9 Å². The van der Waals surface area contributed by atoms with Crippen molar-refractivity contribution < 1.29 is 33.7 Å². The first-order valence-electron chi connectivity index (χ1n) is 14.0. The molecule has 39 heavy (non-hydrogen) atoms. The summed E-state index contributed by atoms with van der Waals surface area (Å²) in [5.74, 6) is -2.41. The number of hydrogen-bond acceptors (Lipinski definition) is 8. The van der Waals surface area contributed by atoms with Crippen LogP contribution in [0.25, 0.3) is 6.08 Å². The highest BCUT2D eigenvalue weighted by Gasteiger charge is 2.65. The van der Waals surface area contributed by atoms with E-state index in [9.17, 15) is 19.8 Å². The average Bonchev–Trinajstić information content (AvgIpc) is 3.75. The lowest BCUT2D eigenvalue weighted by Gasteiger charge is -2.35. The zero-order chi connectivity index (χ0) is 28.8. The van der Waals surface area contributed by atoms with Gasteiger partial charge in [0.15, 0.2) is 0 Å². The predicted octanol–water partition coefficient (Wildman–Crippen LogP) is 4.12. The Balaban J connectivity index is 1.64. The van der Waals surface area contributed by atoms with Gasteiger partial charge in [0.1, 0.15) is 11.6 Å². The fourth-order valence-corrected chi connectivity index (χ4v) is 6.71. The number of amides is 1. The molecule has 0 spiro atoms. The first-order chi connectivity index (χ1) is 18.2. The summed E-state index contributed by atoms with van der Waals surface area (Å²) in [6.07, 6.45) is 1.29. The summed E-state index contributed by atoms with van der Waals surface area (Å²) in [6.45, 7) is 11.3. The number of aryl methyl sites for hydroxylation is 1. The standard InChI is InChI=1S/C29H43FN2O6S/c1-7-29-13-20(19(30)11-18-15-39-17(3)31-18)32-23(34)12-22(33)27(4,5)26(36)24(21-14-37-21)25(35)16(2)9-8-10-28(29,6)38-29/h11,15-16,20-22,24-25,33,35H,7-10,12-14H2,1-6H3,(H,32,34)/t16-,20-,21?,22-,24-,25+,28?,29?/m0/s1. The minimum Gasteiger partial charge on any atom is -0.392 e. The molecule has 0 aliphatic carbocycles. The fraction of sp³-hybridized carbons (Fsp3) is 0.759. The van der Waals surface area contributed by atoms with Crippen molar-refractivity contribution in [1.29, 1.82) is 0 Å². The molecule has 1 aromatic heterocycles. The van der Waals surface area contributed by atoms with Gasteiger partial charge in [0.05, 0.1) is 70.6 Å². The molecule has 0 bridgehead atoms. The number of aliphatic hydroxyl groups is 2. The second-order valence-electron chi connectivity index (χ2n) is 12.4. The summed E-state index contributed by atoms with van der Waals surface area (Å²) in [6, 6.07) is -0.978. The normalized spacial score (nSPS) is 40.1. The first kappa shape index (κ1) is 30.2. The van der Waals surface area contributed by atoms with Gasteiger partial charge in [0, 0.05) is 11.8 Å². The van der Waals surface area contributed by atoms with Crippen molar-refractivity contribution in [2.24, 2.45) is 17.3 Å². The second kappa shape index (κ2) is 11.3. The highest BCUT2D eigenvalue weighted by atomic mass is 32.1.